The van der Waals surface area contributed by atoms with Gasteiger partial charge >= 0.3 is 5.97 Å². The molecule has 2 aromatic heterocycles. The van der Waals surface area contributed by atoms with E-state index in [0.717, 1.165) is 50.2 Å². The summed E-state index contributed by atoms with van der Waals surface area (Å²) in [6.45, 7) is 1.92. The van der Waals surface area contributed by atoms with E-state index in [1.807, 2.05) is 11.0 Å². The summed E-state index contributed by atoms with van der Waals surface area (Å²) >= 11 is 0. The van der Waals surface area contributed by atoms with Crippen molar-refractivity contribution in [2.24, 2.45) is 0 Å². The first-order chi connectivity index (χ1) is 17.3. The van der Waals surface area contributed by atoms with Crippen LogP contribution in [-0.4, -0.2) is 68.6 Å². The number of anilines is 2. The van der Waals surface area contributed by atoms with Gasteiger partial charge in [-0.15, -0.1) is 0 Å². The van der Waals surface area contributed by atoms with Crippen molar-refractivity contribution < 1.29 is 18.7 Å². The Morgan fingerprint density at radius 1 is 1.28 bits per heavy atom. The van der Waals surface area contributed by atoms with E-state index < -0.39 is 17.9 Å². The van der Waals surface area contributed by atoms with Crippen LogP contribution in [0.4, 0.5) is 20.5 Å². The van der Waals surface area contributed by atoms with Crippen molar-refractivity contribution in [3.8, 4) is 6.07 Å². The van der Waals surface area contributed by atoms with Gasteiger partial charge in [0.25, 0.3) is 5.92 Å². The van der Waals surface area contributed by atoms with Crippen LogP contribution < -0.4 is 10.6 Å². The first kappa shape index (κ1) is 25.7. The van der Waals surface area contributed by atoms with Crippen molar-refractivity contribution in [3.63, 3.8) is 0 Å². The molecule has 0 saturated heterocycles. The number of hydrogen-bond donors (Lipinski definition) is 3. The lowest BCUT2D eigenvalue weighted by Crippen LogP contribution is -2.52. The molecule has 192 valence electrons. The minimum absolute atomic E-state index is 0.107. The predicted octanol–water partition coefficient (Wildman–Crippen LogP) is 3.48. The highest BCUT2D eigenvalue weighted by molar-refractivity contribution is 5.76. The van der Waals surface area contributed by atoms with Crippen LogP contribution in [0.2, 0.25) is 0 Å². The van der Waals surface area contributed by atoms with Gasteiger partial charge in [-0.3, -0.25) is 4.90 Å². The van der Waals surface area contributed by atoms with Crippen LogP contribution in [0, 0.1) is 11.3 Å². The number of carboxylic acids is 1. The average Bonchev–Trinajstić information content (AvgIpc) is 2.86. The third-order valence-corrected chi connectivity index (χ3v) is 6.75. The number of nitrogens with zero attached hydrogens (tertiary/aromatic N) is 5. The highest BCUT2D eigenvalue weighted by atomic mass is 19.3. The van der Waals surface area contributed by atoms with Gasteiger partial charge in [0.05, 0.1) is 18.0 Å². The maximum atomic E-state index is 13.6. The van der Waals surface area contributed by atoms with E-state index in [4.69, 9.17) is 10.2 Å². The number of alkyl halides is 2. The number of carbonyl (C=O) groups is 1. The predicted molar refractivity (Wildman–Crippen MR) is 130 cm³/mol. The SMILES string of the molecule is N#Cc1cnc(N[C@@H](CCN(CCCCc2ccc3c(n2)NCCC3)C2CC(F)(F)C2)C(=O)O)nc1. The maximum Gasteiger partial charge on any atom is 0.326 e. The van der Waals surface area contributed by atoms with Crippen LogP contribution in [0.15, 0.2) is 24.5 Å². The molecule has 3 heterocycles. The summed E-state index contributed by atoms with van der Waals surface area (Å²) in [4.78, 5) is 26.4. The zero-order valence-electron chi connectivity index (χ0n) is 20.1. The van der Waals surface area contributed by atoms with Crippen LogP contribution in [0.3, 0.4) is 0 Å². The lowest BCUT2D eigenvalue weighted by atomic mass is 9.86. The smallest absolute Gasteiger partial charge is 0.326 e. The van der Waals surface area contributed by atoms with E-state index in [1.165, 1.54) is 18.0 Å². The van der Waals surface area contributed by atoms with Crippen molar-refractivity contribution in [2.45, 2.75) is 69.4 Å². The van der Waals surface area contributed by atoms with Crippen LogP contribution in [0.25, 0.3) is 0 Å². The first-order valence-corrected chi connectivity index (χ1v) is 12.4. The molecule has 0 spiro atoms. The Morgan fingerprint density at radius 2 is 2.06 bits per heavy atom. The number of aromatic nitrogens is 3. The summed E-state index contributed by atoms with van der Waals surface area (Å²) in [5, 5.41) is 24.6. The second-order valence-electron chi connectivity index (χ2n) is 9.48. The number of rotatable bonds is 12. The Balaban J connectivity index is 1.29. The molecule has 2 aliphatic rings. The van der Waals surface area contributed by atoms with E-state index in [0.29, 0.717) is 13.1 Å². The van der Waals surface area contributed by atoms with E-state index in [9.17, 15) is 18.7 Å². The topological polar surface area (TPSA) is 127 Å². The highest BCUT2D eigenvalue weighted by Gasteiger charge is 2.47. The lowest BCUT2D eigenvalue weighted by molar-refractivity contribution is -0.139. The van der Waals surface area contributed by atoms with Crippen molar-refractivity contribution in [1.82, 2.24) is 19.9 Å². The summed E-state index contributed by atoms with van der Waals surface area (Å²) in [5.74, 6) is -2.65. The van der Waals surface area contributed by atoms with E-state index in [1.54, 1.807) is 0 Å². The molecule has 1 aliphatic heterocycles. The number of pyridine rings is 1. The summed E-state index contributed by atoms with van der Waals surface area (Å²) in [5.41, 5.74) is 2.53. The van der Waals surface area contributed by atoms with Crippen LogP contribution >= 0.6 is 0 Å². The van der Waals surface area contributed by atoms with Gasteiger partial charge in [0.2, 0.25) is 5.95 Å². The van der Waals surface area contributed by atoms with Gasteiger partial charge in [0.1, 0.15) is 17.9 Å². The van der Waals surface area contributed by atoms with Crippen molar-refractivity contribution in [3.05, 3.63) is 41.3 Å². The number of nitriles is 1. The second kappa shape index (κ2) is 11.6. The molecule has 1 aliphatic carbocycles. The van der Waals surface area contributed by atoms with Crippen molar-refractivity contribution in [2.75, 3.05) is 30.3 Å². The third-order valence-electron chi connectivity index (χ3n) is 6.75. The maximum absolute atomic E-state index is 13.6. The van der Waals surface area contributed by atoms with E-state index in [2.05, 4.69) is 32.7 Å². The monoisotopic (exact) mass is 499 g/mol. The Bertz CT molecular complexity index is 1080. The summed E-state index contributed by atoms with van der Waals surface area (Å²) in [6.07, 6.45) is 7.06. The molecule has 0 amide bonds. The highest BCUT2D eigenvalue weighted by Crippen LogP contribution is 2.40. The molecule has 0 bridgehead atoms. The fourth-order valence-corrected chi connectivity index (χ4v) is 4.66. The van der Waals surface area contributed by atoms with Gasteiger partial charge < -0.3 is 15.7 Å². The molecule has 4 rings (SSSR count). The number of unbranched alkanes of at least 4 members (excludes halogenated alkanes) is 1. The Hall–Kier alpha value is -3.39. The van der Waals surface area contributed by atoms with Crippen LogP contribution in [0.1, 0.15) is 55.3 Å². The average molecular weight is 500 g/mol. The Morgan fingerprint density at radius 3 is 2.75 bits per heavy atom. The summed E-state index contributed by atoms with van der Waals surface area (Å²) in [6, 6.07) is 4.86. The molecule has 0 unspecified atom stereocenters. The summed E-state index contributed by atoms with van der Waals surface area (Å²) in [7, 11) is 0. The number of fused-ring (bicyclic) bond motifs is 1. The third kappa shape index (κ3) is 6.85. The molecular weight excluding hydrogens is 468 g/mol. The molecule has 1 atom stereocenters. The minimum Gasteiger partial charge on any atom is -0.480 e. The molecule has 2 aromatic rings. The Kier molecular flexibility index (Phi) is 8.25. The number of halogens is 2. The fraction of sp³-hybridized carbons (Fsp3) is 0.560. The van der Waals surface area contributed by atoms with Crippen LogP contribution in [0.5, 0.6) is 0 Å². The van der Waals surface area contributed by atoms with E-state index >= 15 is 0 Å². The molecule has 0 aromatic carbocycles. The van der Waals surface area contributed by atoms with Gasteiger partial charge in [-0.1, -0.05) is 6.07 Å². The van der Waals surface area contributed by atoms with Gasteiger partial charge in [0, 0.05) is 37.7 Å². The molecule has 36 heavy (non-hydrogen) atoms. The van der Waals surface area contributed by atoms with E-state index in [-0.39, 0.29) is 36.8 Å². The molecule has 1 fully saturated rings. The quantitative estimate of drug-likeness (QED) is 0.376. The Labute approximate surface area is 209 Å². The van der Waals surface area contributed by atoms with Gasteiger partial charge in [-0.25, -0.2) is 28.5 Å². The van der Waals surface area contributed by atoms with Crippen molar-refractivity contribution >= 4 is 17.7 Å². The molecule has 9 nitrogen and oxygen atoms in total. The molecular formula is C25H31F2N7O2. The zero-order chi connectivity index (χ0) is 25.5. The summed E-state index contributed by atoms with van der Waals surface area (Å²) < 4.78 is 27.2. The number of carboxylic acid groups (broad SMARTS) is 1. The molecule has 11 heteroatoms. The standard InChI is InChI=1S/C25H31F2N7O2/c26-25(27)12-20(13-25)34(10-2-1-5-19-7-6-18-4-3-9-29-22(18)32-19)11-8-21(23(35)36)33-24-30-15-17(14-28)16-31-24/h6-7,15-16,20-21H,1-5,8-13H2,(H,29,32)(H,35,36)(H,30,31,33)/t21-/m0/s1. The number of aryl methyl sites for hydroxylation is 2. The van der Waals surface area contributed by atoms with Crippen LogP contribution in [-0.2, 0) is 17.6 Å². The molecule has 0 radical (unpaired) electrons. The first-order valence-electron chi connectivity index (χ1n) is 12.4. The molecule has 1 saturated carbocycles. The van der Waals surface area contributed by atoms with Gasteiger partial charge in [-0.05, 0) is 56.7 Å². The lowest BCUT2D eigenvalue weighted by Gasteiger charge is -2.43. The number of nitrogens with one attached hydrogen (secondary N) is 2. The van der Waals surface area contributed by atoms with Crippen molar-refractivity contribution in [1.29, 1.82) is 5.26 Å². The van der Waals surface area contributed by atoms with Gasteiger partial charge in [0.15, 0.2) is 0 Å². The minimum atomic E-state index is -2.65. The number of aliphatic carboxylic acids is 1. The zero-order valence-corrected chi connectivity index (χ0v) is 20.1. The fourth-order valence-electron chi connectivity index (χ4n) is 4.66. The second-order valence-corrected chi connectivity index (χ2v) is 9.48. The van der Waals surface area contributed by atoms with Gasteiger partial charge in [-0.2, -0.15) is 5.26 Å². The normalized spacial score (nSPS) is 17.4. The number of hydrogen-bond acceptors (Lipinski definition) is 8. The largest absolute Gasteiger partial charge is 0.480 e. The molecule has 3 N–H and O–H groups in total.